The van der Waals surface area contributed by atoms with Crippen molar-refractivity contribution >= 4 is 0 Å². The van der Waals surface area contributed by atoms with Crippen molar-refractivity contribution in [2.45, 2.75) is 71.8 Å². The molecule has 0 aromatic rings. The Morgan fingerprint density at radius 2 is 1.54 bits per heavy atom. The molecule has 1 heteroatoms. The first-order chi connectivity index (χ1) is 6.16. The summed E-state index contributed by atoms with van der Waals surface area (Å²) in [6.07, 6.45) is 9.07. The molecule has 0 aromatic heterocycles. The van der Waals surface area contributed by atoms with Gasteiger partial charge in [0.05, 0.1) is 0 Å². The summed E-state index contributed by atoms with van der Waals surface area (Å²) in [5, 5.41) is 0. The van der Waals surface area contributed by atoms with E-state index < -0.39 is 0 Å². The van der Waals surface area contributed by atoms with Crippen molar-refractivity contribution in [2.24, 2.45) is 11.7 Å². The topological polar surface area (TPSA) is 26.0 Å². The molecule has 80 valence electrons. The molecule has 0 bridgehead atoms. The van der Waals surface area contributed by atoms with Crippen molar-refractivity contribution in [1.82, 2.24) is 0 Å². The lowest BCUT2D eigenvalue weighted by molar-refractivity contribution is 0.469. The molecule has 0 fully saturated rings. The van der Waals surface area contributed by atoms with Gasteiger partial charge in [-0.3, -0.25) is 0 Å². The Labute approximate surface area is 84.1 Å². The fourth-order valence-corrected chi connectivity index (χ4v) is 1.59. The van der Waals surface area contributed by atoms with Crippen molar-refractivity contribution in [3.63, 3.8) is 0 Å². The van der Waals surface area contributed by atoms with Gasteiger partial charge < -0.3 is 5.73 Å². The molecular formula is C12H27N. The first kappa shape index (κ1) is 13.0. The SMILES string of the molecule is CCCCCC(N)CCCC(C)C. The summed E-state index contributed by atoms with van der Waals surface area (Å²) in [6.45, 7) is 6.80. The van der Waals surface area contributed by atoms with E-state index >= 15 is 0 Å². The molecule has 1 nitrogen and oxygen atoms in total. The smallest absolute Gasteiger partial charge is 0.00388 e. The van der Waals surface area contributed by atoms with Crippen molar-refractivity contribution in [3.05, 3.63) is 0 Å². The predicted octanol–water partition coefficient (Wildman–Crippen LogP) is 3.72. The van der Waals surface area contributed by atoms with Crippen LogP contribution in [0.4, 0.5) is 0 Å². The third-order valence-electron chi connectivity index (χ3n) is 2.53. The molecule has 0 aliphatic rings. The maximum atomic E-state index is 6.00. The van der Waals surface area contributed by atoms with Crippen LogP contribution in [0.1, 0.15) is 65.7 Å². The Morgan fingerprint density at radius 1 is 0.923 bits per heavy atom. The van der Waals surface area contributed by atoms with Gasteiger partial charge in [0.25, 0.3) is 0 Å². The largest absolute Gasteiger partial charge is 0.328 e. The van der Waals surface area contributed by atoms with Crippen LogP contribution in [0.15, 0.2) is 0 Å². The predicted molar refractivity (Wildman–Crippen MR) is 60.8 cm³/mol. The van der Waals surface area contributed by atoms with Gasteiger partial charge in [-0.1, -0.05) is 52.9 Å². The Kier molecular flexibility index (Phi) is 8.53. The molecule has 0 aliphatic carbocycles. The lowest BCUT2D eigenvalue weighted by Crippen LogP contribution is -2.19. The highest BCUT2D eigenvalue weighted by Gasteiger charge is 2.02. The molecule has 0 heterocycles. The highest BCUT2D eigenvalue weighted by atomic mass is 14.6. The van der Waals surface area contributed by atoms with Crippen LogP contribution in [-0.4, -0.2) is 6.04 Å². The molecule has 13 heavy (non-hydrogen) atoms. The average Bonchev–Trinajstić information content (AvgIpc) is 2.04. The van der Waals surface area contributed by atoms with E-state index in [1.165, 1.54) is 44.9 Å². The Balaban J connectivity index is 3.15. The zero-order valence-corrected chi connectivity index (χ0v) is 9.68. The van der Waals surface area contributed by atoms with Gasteiger partial charge in [-0.25, -0.2) is 0 Å². The fraction of sp³-hybridized carbons (Fsp3) is 1.00. The van der Waals surface area contributed by atoms with Crippen molar-refractivity contribution < 1.29 is 0 Å². The summed E-state index contributed by atoms with van der Waals surface area (Å²) >= 11 is 0. The Morgan fingerprint density at radius 3 is 2.08 bits per heavy atom. The van der Waals surface area contributed by atoms with E-state index in [0.717, 1.165) is 5.92 Å². The second-order valence-electron chi connectivity index (χ2n) is 4.58. The van der Waals surface area contributed by atoms with Crippen LogP contribution in [0.2, 0.25) is 0 Å². The van der Waals surface area contributed by atoms with Gasteiger partial charge >= 0.3 is 0 Å². The van der Waals surface area contributed by atoms with Crippen molar-refractivity contribution in [1.29, 1.82) is 0 Å². The lowest BCUT2D eigenvalue weighted by atomic mass is 10.00. The van der Waals surface area contributed by atoms with Crippen LogP contribution in [-0.2, 0) is 0 Å². The molecule has 0 amide bonds. The van der Waals surface area contributed by atoms with Gasteiger partial charge in [0, 0.05) is 6.04 Å². The van der Waals surface area contributed by atoms with Crippen LogP contribution < -0.4 is 5.73 Å². The van der Waals surface area contributed by atoms with E-state index in [4.69, 9.17) is 5.73 Å². The van der Waals surface area contributed by atoms with Crippen LogP contribution in [0.3, 0.4) is 0 Å². The molecule has 0 radical (unpaired) electrons. The minimum Gasteiger partial charge on any atom is -0.328 e. The van der Waals surface area contributed by atoms with Crippen LogP contribution >= 0.6 is 0 Å². The molecular weight excluding hydrogens is 158 g/mol. The second-order valence-corrected chi connectivity index (χ2v) is 4.58. The number of rotatable bonds is 8. The minimum absolute atomic E-state index is 0.463. The monoisotopic (exact) mass is 185 g/mol. The summed E-state index contributed by atoms with van der Waals surface area (Å²) in [5.41, 5.74) is 6.00. The number of hydrogen-bond acceptors (Lipinski definition) is 1. The normalized spacial score (nSPS) is 13.6. The first-order valence-electron chi connectivity index (χ1n) is 5.92. The van der Waals surface area contributed by atoms with Crippen molar-refractivity contribution in [2.75, 3.05) is 0 Å². The number of hydrogen-bond donors (Lipinski definition) is 1. The molecule has 0 spiro atoms. The van der Waals surface area contributed by atoms with Gasteiger partial charge in [-0.2, -0.15) is 0 Å². The van der Waals surface area contributed by atoms with Gasteiger partial charge in [0.1, 0.15) is 0 Å². The highest BCUT2D eigenvalue weighted by molar-refractivity contribution is 4.61. The molecule has 0 aliphatic heterocycles. The highest BCUT2D eigenvalue weighted by Crippen LogP contribution is 2.11. The van der Waals surface area contributed by atoms with E-state index in [-0.39, 0.29) is 0 Å². The number of unbranched alkanes of at least 4 members (excludes halogenated alkanes) is 2. The molecule has 2 N–H and O–H groups in total. The Hall–Kier alpha value is -0.0400. The molecule has 0 rings (SSSR count). The Bertz CT molecular complexity index is 99.3. The molecule has 1 unspecified atom stereocenters. The zero-order chi connectivity index (χ0) is 10.1. The summed E-state index contributed by atoms with van der Waals surface area (Å²) in [4.78, 5) is 0. The molecule has 0 saturated heterocycles. The average molecular weight is 185 g/mol. The zero-order valence-electron chi connectivity index (χ0n) is 9.68. The van der Waals surface area contributed by atoms with Gasteiger partial charge in [-0.15, -0.1) is 0 Å². The van der Waals surface area contributed by atoms with Crippen LogP contribution in [0, 0.1) is 5.92 Å². The molecule has 1 atom stereocenters. The fourth-order valence-electron chi connectivity index (χ4n) is 1.59. The summed E-state index contributed by atoms with van der Waals surface area (Å²) in [6, 6.07) is 0.463. The van der Waals surface area contributed by atoms with E-state index in [1.54, 1.807) is 0 Å². The summed E-state index contributed by atoms with van der Waals surface area (Å²) in [7, 11) is 0. The third kappa shape index (κ3) is 9.88. The quantitative estimate of drug-likeness (QED) is 0.573. The van der Waals surface area contributed by atoms with Crippen LogP contribution in [0.25, 0.3) is 0 Å². The third-order valence-corrected chi connectivity index (χ3v) is 2.53. The minimum atomic E-state index is 0.463. The van der Waals surface area contributed by atoms with E-state index in [2.05, 4.69) is 20.8 Å². The van der Waals surface area contributed by atoms with E-state index in [9.17, 15) is 0 Å². The standard InChI is InChI=1S/C12H27N/c1-4-5-6-9-12(13)10-7-8-11(2)3/h11-12H,4-10,13H2,1-3H3. The second kappa shape index (κ2) is 8.55. The van der Waals surface area contributed by atoms with Crippen molar-refractivity contribution in [3.8, 4) is 0 Å². The molecule has 0 saturated carbocycles. The maximum absolute atomic E-state index is 6.00. The van der Waals surface area contributed by atoms with E-state index in [0.29, 0.717) is 6.04 Å². The molecule has 0 aromatic carbocycles. The lowest BCUT2D eigenvalue weighted by Gasteiger charge is -2.11. The van der Waals surface area contributed by atoms with Gasteiger partial charge in [0.15, 0.2) is 0 Å². The number of nitrogens with two attached hydrogens (primary N) is 1. The maximum Gasteiger partial charge on any atom is 0.00388 e. The summed E-state index contributed by atoms with van der Waals surface area (Å²) in [5.74, 6) is 0.836. The van der Waals surface area contributed by atoms with Gasteiger partial charge in [0.2, 0.25) is 0 Å². The summed E-state index contributed by atoms with van der Waals surface area (Å²) < 4.78 is 0. The van der Waals surface area contributed by atoms with E-state index in [1.807, 2.05) is 0 Å². The van der Waals surface area contributed by atoms with Crippen LogP contribution in [0.5, 0.6) is 0 Å². The van der Waals surface area contributed by atoms with Gasteiger partial charge in [-0.05, 0) is 18.8 Å². The first-order valence-corrected chi connectivity index (χ1v) is 5.92.